The number of anilines is 1. The minimum Gasteiger partial charge on any atom is -0.507 e. The summed E-state index contributed by atoms with van der Waals surface area (Å²) in [6, 6.07) is 7.93. The van der Waals surface area contributed by atoms with Gasteiger partial charge in [0.25, 0.3) is 12.9 Å². The molecule has 2 aromatic rings. The van der Waals surface area contributed by atoms with Crippen molar-refractivity contribution in [3.05, 3.63) is 47.5 Å². The molecule has 7 nitrogen and oxygen atoms in total. The number of carbonyl (C=O) groups excluding carboxylic acids is 3. The van der Waals surface area contributed by atoms with Crippen LogP contribution in [0.25, 0.3) is 0 Å². The van der Waals surface area contributed by atoms with Gasteiger partial charge in [-0.2, -0.15) is 0 Å². The monoisotopic (exact) mass is 301 g/mol. The molecule has 2 aromatic carbocycles. The third kappa shape index (κ3) is 3.04. The summed E-state index contributed by atoms with van der Waals surface area (Å²) in [5.41, 5.74) is 5.82. The molecule has 0 radical (unpaired) electrons. The molecule has 0 spiro atoms. The van der Waals surface area contributed by atoms with E-state index in [1.54, 1.807) is 0 Å². The van der Waals surface area contributed by atoms with Gasteiger partial charge in [0.15, 0.2) is 5.78 Å². The molecule has 2 rings (SSSR count). The van der Waals surface area contributed by atoms with E-state index in [4.69, 9.17) is 10.5 Å². The van der Waals surface area contributed by atoms with Crippen molar-refractivity contribution in [1.82, 2.24) is 0 Å². The molecule has 7 heteroatoms. The molecule has 22 heavy (non-hydrogen) atoms. The van der Waals surface area contributed by atoms with Gasteiger partial charge in [-0.25, -0.2) is 0 Å². The van der Waals surface area contributed by atoms with Crippen molar-refractivity contribution < 1.29 is 29.0 Å². The van der Waals surface area contributed by atoms with Gasteiger partial charge in [-0.05, 0) is 24.3 Å². The first-order chi connectivity index (χ1) is 10.6. The summed E-state index contributed by atoms with van der Waals surface area (Å²) in [7, 11) is 0. The average molecular weight is 301 g/mol. The van der Waals surface area contributed by atoms with E-state index in [0.717, 1.165) is 0 Å². The number of rotatable bonds is 6. The Hall–Kier alpha value is -3.35. The number of phenols is 1. The number of nitrogen functional groups attached to an aromatic ring is 1. The fourth-order valence-corrected chi connectivity index (χ4v) is 1.85. The standard InChI is InChI=1S/C15H11NO6/c16-9-1-3-11(13(19)5-9)15(20)12-4-2-10(21-7-17)6-14(12)22-8-18/h1-8,19H,16H2. The number of benzene rings is 2. The quantitative estimate of drug-likeness (QED) is 0.469. The summed E-state index contributed by atoms with van der Waals surface area (Å²) in [6.07, 6.45) is 0. The number of phenolic OH excluding ortho intramolecular Hbond substituents is 1. The highest BCUT2D eigenvalue weighted by molar-refractivity contribution is 6.12. The molecule has 0 aliphatic rings. The zero-order chi connectivity index (χ0) is 16.1. The summed E-state index contributed by atoms with van der Waals surface area (Å²) < 4.78 is 9.35. The summed E-state index contributed by atoms with van der Waals surface area (Å²) in [6.45, 7) is 0.340. The molecule has 0 amide bonds. The van der Waals surface area contributed by atoms with Crippen molar-refractivity contribution in [3.63, 3.8) is 0 Å². The Morgan fingerprint density at radius 2 is 1.68 bits per heavy atom. The lowest BCUT2D eigenvalue weighted by Crippen LogP contribution is -2.06. The van der Waals surface area contributed by atoms with Gasteiger partial charge in [-0.1, -0.05) is 0 Å². The summed E-state index contributed by atoms with van der Waals surface area (Å²) >= 11 is 0. The van der Waals surface area contributed by atoms with Gasteiger partial charge >= 0.3 is 0 Å². The van der Waals surface area contributed by atoms with Crippen LogP contribution in [0.4, 0.5) is 5.69 Å². The molecule has 0 unspecified atom stereocenters. The zero-order valence-electron chi connectivity index (χ0n) is 11.2. The van der Waals surface area contributed by atoms with Crippen molar-refractivity contribution in [2.24, 2.45) is 0 Å². The normalized spacial score (nSPS) is 9.82. The third-order valence-electron chi connectivity index (χ3n) is 2.82. The van der Waals surface area contributed by atoms with E-state index in [0.29, 0.717) is 5.69 Å². The maximum Gasteiger partial charge on any atom is 0.298 e. The molecule has 0 saturated heterocycles. The number of hydrogen-bond donors (Lipinski definition) is 2. The van der Waals surface area contributed by atoms with Crippen molar-refractivity contribution in [3.8, 4) is 17.2 Å². The first-order valence-electron chi connectivity index (χ1n) is 6.04. The molecule has 0 aliphatic heterocycles. The van der Waals surface area contributed by atoms with Gasteiger partial charge in [0.2, 0.25) is 0 Å². The topological polar surface area (TPSA) is 116 Å². The van der Waals surface area contributed by atoms with Crippen LogP contribution in [0.2, 0.25) is 0 Å². The molecule has 0 saturated carbocycles. The van der Waals surface area contributed by atoms with Crippen molar-refractivity contribution in [2.75, 3.05) is 5.73 Å². The zero-order valence-corrected chi connectivity index (χ0v) is 11.2. The highest BCUT2D eigenvalue weighted by Crippen LogP contribution is 2.30. The second kappa shape index (κ2) is 6.40. The number of ether oxygens (including phenoxy) is 2. The Bertz CT molecular complexity index is 741. The van der Waals surface area contributed by atoms with Gasteiger partial charge in [0.05, 0.1) is 11.1 Å². The molecule has 0 aromatic heterocycles. The Morgan fingerprint density at radius 3 is 2.32 bits per heavy atom. The highest BCUT2D eigenvalue weighted by atomic mass is 16.5. The highest BCUT2D eigenvalue weighted by Gasteiger charge is 2.19. The number of carbonyl (C=O) groups is 3. The van der Waals surface area contributed by atoms with E-state index in [1.807, 2.05) is 0 Å². The van der Waals surface area contributed by atoms with Gasteiger partial charge in [-0.3, -0.25) is 14.4 Å². The smallest absolute Gasteiger partial charge is 0.298 e. The fraction of sp³-hybridized carbons (Fsp3) is 0. The number of aromatic hydroxyl groups is 1. The van der Waals surface area contributed by atoms with Crippen LogP contribution in [-0.2, 0) is 9.59 Å². The fourth-order valence-electron chi connectivity index (χ4n) is 1.85. The Labute approximate surface area is 124 Å². The molecule has 3 N–H and O–H groups in total. The lowest BCUT2D eigenvalue weighted by atomic mass is 10.0. The molecule has 112 valence electrons. The van der Waals surface area contributed by atoms with Gasteiger partial charge in [0, 0.05) is 17.8 Å². The predicted molar refractivity (Wildman–Crippen MR) is 75.8 cm³/mol. The molecule has 0 fully saturated rings. The Balaban J connectivity index is 2.47. The average Bonchev–Trinajstić information content (AvgIpc) is 2.47. The second-order valence-electron chi connectivity index (χ2n) is 4.19. The number of hydrogen-bond acceptors (Lipinski definition) is 7. The first-order valence-corrected chi connectivity index (χ1v) is 6.04. The largest absolute Gasteiger partial charge is 0.507 e. The van der Waals surface area contributed by atoms with Crippen molar-refractivity contribution in [1.29, 1.82) is 0 Å². The van der Waals surface area contributed by atoms with Crippen LogP contribution < -0.4 is 15.2 Å². The molecular weight excluding hydrogens is 290 g/mol. The van der Waals surface area contributed by atoms with E-state index in [2.05, 4.69) is 4.74 Å². The van der Waals surface area contributed by atoms with Crippen LogP contribution >= 0.6 is 0 Å². The van der Waals surface area contributed by atoms with Crippen LogP contribution in [0.1, 0.15) is 15.9 Å². The SMILES string of the molecule is Nc1ccc(C(=O)c2ccc(OC=O)cc2OC=O)c(O)c1. The predicted octanol–water partition coefficient (Wildman–Crippen LogP) is 1.28. The number of nitrogens with two attached hydrogens (primary N) is 1. The minimum atomic E-state index is -0.577. The summed E-state index contributed by atoms with van der Waals surface area (Å²) in [5, 5.41) is 9.80. The summed E-state index contributed by atoms with van der Waals surface area (Å²) in [5.74, 6) is -0.872. The minimum absolute atomic E-state index is 0.00555. The van der Waals surface area contributed by atoms with Gasteiger partial charge in [0.1, 0.15) is 17.2 Å². The van der Waals surface area contributed by atoms with Crippen LogP contribution in [0.15, 0.2) is 36.4 Å². The molecule has 0 bridgehead atoms. The van der Waals surface area contributed by atoms with Gasteiger partial charge < -0.3 is 20.3 Å². The van der Waals surface area contributed by atoms with Crippen LogP contribution in [0.5, 0.6) is 17.2 Å². The Morgan fingerprint density at radius 1 is 1.00 bits per heavy atom. The number of ketones is 1. The van der Waals surface area contributed by atoms with E-state index in [1.165, 1.54) is 36.4 Å². The second-order valence-corrected chi connectivity index (χ2v) is 4.19. The lowest BCUT2D eigenvalue weighted by molar-refractivity contribution is -0.121. The maximum atomic E-state index is 12.4. The summed E-state index contributed by atoms with van der Waals surface area (Å²) in [4.78, 5) is 33.3. The molecule has 0 atom stereocenters. The van der Waals surface area contributed by atoms with Crippen LogP contribution in [-0.4, -0.2) is 23.8 Å². The van der Waals surface area contributed by atoms with Gasteiger partial charge in [-0.15, -0.1) is 0 Å². The van der Waals surface area contributed by atoms with E-state index < -0.39 is 5.78 Å². The first kappa shape index (κ1) is 15.0. The molecule has 0 heterocycles. The van der Waals surface area contributed by atoms with Crippen molar-refractivity contribution >= 4 is 24.4 Å². The van der Waals surface area contributed by atoms with Crippen LogP contribution in [0, 0.1) is 0 Å². The van der Waals surface area contributed by atoms with Crippen molar-refractivity contribution in [2.45, 2.75) is 0 Å². The molecular formula is C15H11NO6. The van der Waals surface area contributed by atoms with E-state index in [-0.39, 0.29) is 41.3 Å². The Kier molecular flexibility index (Phi) is 4.38. The lowest BCUT2D eigenvalue weighted by Gasteiger charge is -2.09. The van der Waals surface area contributed by atoms with Crippen LogP contribution in [0.3, 0.4) is 0 Å². The molecule has 0 aliphatic carbocycles. The third-order valence-corrected chi connectivity index (χ3v) is 2.82. The van der Waals surface area contributed by atoms with E-state index in [9.17, 15) is 19.5 Å². The van der Waals surface area contributed by atoms with E-state index >= 15 is 0 Å². The maximum absolute atomic E-state index is 12.4.